The highest BCUT2D eigenvalue weighted by atomic mass is 16.7. The van der Waals surface area contributed by atoms with Crippen LogP contribution in [0.15, 0.2) is 47.6 Å². The van der Waals surface area contributed by atoms with Gasteiger partial charge in [0.15, 0.2) is 34.3 Å². The van der Waals surface area contributed by atoms with Gasteiger partial charge in [-0.2, -0.15) is 0 Å². The second kappa shape index (κ2) is 16.0. The molecule has 0 aromatic rings. The van der Waals surface area contributed by atoms with E-state index in [0.717, 1.165) is 36.8 Å². The van der Waals surface area contributed by atoms with Crippen LogP contribution in [0.25, 0.3) is 0 Å². The van der Waals surface area contributed by atoms with Crippen molar-refractivity contribution in [3.05, 3.63) is 47.6 Å². The molecule has 0 aromatic heterocycles. The van der Waals surface area contributed by atoms with Crippen LogP contribution in [0.1, 0.15) is 92.9 Å². The standard InChI is InChI=1S/C22H28O6.C21H28O6.C2H6.CH2O/c1-20-6-5-13(24)7-12(20)3-4-14-15-8-18-22(17(26)10-23,28-11-27-18)21(15,2)9-16(25)19(14)20;1-19-6-5-12(23)7-11(19)3-4-13-14-8-16(25)21(27,17(26)10-22)20(14,2)9-15(24)18(13)19;2*1-2/h5-7,14-16,18-19,23,25H,3-4,8-11H2,1-2H3;5-7,13-16,18,22,24-25,27H,3-4,8-10H2,1-2H3;1-2H3;1H2/t14?,15-,16?,18?,19+,20?,21?,22?;13?,14-,15?,16?,18+,19?,20?,21?;;/m00../s1. The summed E-state index contributed by atoms with van der Waals surface area (Å²) in [5.41, 5.74) is -3.45. The normalized spacial score (nSPS) is 48.2. The number of carbonyl (C=O) groups is 5. The van der Waals surface area contributed by atoms with Crippen molar-refractivity contribution in [1.82, 2.24) is 0 Å². The molecule has 0 amide bonds. The Morgan fingerprint density at radius 3 is 1.68 bits per heavy atom. The van der Waals surface area contributed by atoms with Gasteiger partial charge in [-0.05, 0) is 99.3 Å². The van der Waals surface area contributed by atoms with Gasteiger partial charge in [0, 0.05) is 33.5 Å². The van der Waals surface area contributed by atoms with Crippen LogP contribution in [0.3, 0.4) is 0 Å². The van der Waals surface area contributed by atoms with Crippen molar-refractivity contribution < 1.29 is 64.1 Å². The smallest absolute Gasteiger partial charge is 0.193 e. The molecule has 0 spiro atoms. The molecular formula is C46H64O13. The third-order valence-electron chi connectivity index (χ3n) is 17.1. The number of rotatable bonds is 4. The summed E-state index contributed by atoms with van der Waals surface area (Å²) in [5.74, 6) is -1.05. The van der Waals surface area contributed by atoms with Gasteiger partial charge < -0.3 is 44.9 Å². The number of Topliss-reactive ketones (excluding diaryl/α,β-unsaturated/α-hetero) is 2. The molecule has 59 heavy (non-hydrogen) atoms. The van der Waals surface area contributed by atoms with Crippen LogP contribution in [0, 0.1) is 57.2 Å². The second-order valence-corrected chi connectivity index (χ2v) is 19.0. The summed E-state index contributed by atoms with van der Waals surface area (Å²) >= 11 is 0. The Hall–Kier alpha value is -3.01. The minimum Gasteiger partial charge on any atom is -0.393 e. The van der Waals surface area contributed by atoms with Gasteiger partial charge in [0.05, 0.1) is 24.4 Å². The van der Waals surface area contributed by atoms with Crippen LogP contribution in [0.2, 0.25) is 0 Å². The molecule has 8 aliphatic carbocycles. The molecule has 1 heterocycles. The molecule has 12 unspecified atom stereocenters. The van der Waals surface area contributed by atoms with Gasteiger partial charge in [-0.25, -0.2) is 0 Å². The predicted octanol–water partition coefficient (Wildman–Crippen LogP) is 2.92. The third kappa shape index (κ3) is 6.19. The van der Waals surface area contributed by atoms with Crippen LogP contribution in [0.4, 0.5) is 0 Å². The highest BCUT2D eigenvalue weighted by Gasteiger charge is 2.75. The zero-order chi connectivity index (χ0) is 43.7. The number of hydrogen-bond acceptors (Lipinski definition) is 13. The average molecular weight is 825 g/mol. The van der Waals surface area contributed by atoms with Crippen molar-refractivity contribution in [2.45, 2.75) is 129 Å². The van der Waals surface area contributed by atoms with E-state index in [4.69, 9.17) is 14.3 Å². The maximum absolute atomic E-state index is 12.9. The molecule has 6 saturated carbocycles. The highest BCUT2D eigenvalue weighted by Crippen LogP contribution is 2.70. The minimum atomic E-state index is -2.05. The Morgan fingerprint density at radius 1 is 0.746 bits per heavy atom. The lowest BCUT2D eigenvalue weighted by Gasteiger charge is -2.59. The Bertz CT molecular complexity index is 1830. The van der Waals surface area contributed by atoms with E-state index in [2.05, 4.69) is 6.92 Å². The number of aliphatic hydroxyl groups is 6. The molecule has 6 N–H and O–H groups in total. The summed E-state index contributed by atoms with van der Waals surface area (Å²) in [6, 6.07) is 0. The van der Waals surface area contributed by atoms with Crippen molar-refractivity contribution in [1.29, 1.82) is 0 Å². The van der Waals surface area contributed by atoms with Crippen molar-refractivity contribution in [2.24, 2.45) is 57.2 Å². The molecule has 1 saturated heterocycles. The van der Waals surface area contributed by atoms with E-state index in [-0.39, 0.29) is 84.0 Å². The topological polar surface area (TPSA) is 225 Å². The predicted molar refractivity (Wildman–Crippen MR) is 214 cm³/mol. The highest BCUT2D eigenvalue weighted by molar-refractivity contribution is 6.01. The van der Waals surface area contributed by atoms with E-state index in [1.54, 1.807) is 31.2 Å². The number of carbonyl (C=O) groups excluding carboxylic acids is 5. The quantitative estimate of drug-likeness (QED) is 0.240. The zero-order valence-electron chi connectivity index (χ0n) is 35.3. The fourth-order valence-corrected chi connectivity index (χ4v) is 14.6. The molecule has 0 radical (unpaired) electrons. The monoisotopic (exact) mass is 824 g/mol. The Morgan fingerprint density at radius 2 is 1.20 bits per heavy atom. The van der Waals surface area contributed by atoms with Crippen molar-refractivity contribution >= 4 is 29.9 Å². The molecule has 1 aliphatic heterocycles. The number of hydrogen-bond donors (Lipinski definition) is 6. The molecule has 13 heteroatoms. The van der Waals surface area contributed by atoms with Crippen LogP contribution in [-0.4, -0.2) is 116 Å². The van der Waals surface area contributed by atoms with E-state index in [0.29, 0.717) is 12.8 Å². The molecule has 326 valence electrons. The lowest BCUT2D eigenvalue weighted by molar-refractivity contribution is -0.190. The van der Waals surface area contributed by atoms with E-state index in [1.165, 1.54) is 0 Å². The van der Waals surface area contributed by atoms with Gasteiger partial charge in [0.2, 0.25) is 0 Å². The first kappa shape index (κ1) is 45.5. The van der Waals surface area contributed by atoms with Crippen LogP contribution in [-0.2, 0) is 33.4 Å². The summed E-state index contributed by atoms with van der Waals surface area (Å²) in [6.07, 6.45) is 12.1. The number of ether oxygens (including phenoxy) is 2. The first-order chi connectivity index (χ1) is 27.9. The lowest BCUT2D eigenvalue weighted by Crippen LogP contribution is -2.63. The fourth-order valence-electron chi connectivity index (χ4n) is 14.6. The molecule has 13 nitrogen and oxygen atoms in total. The number of ketones is 4. The van der Waals surface area contributed by atoms with Gasteiger partial charge in [-0.1, -0.05) is 64.8 Å². The first-order valence-electron chi connectivity index (χ1n) is 21.3. The van der Waals surface area contributed by atoms with Crippen molar-refractivity contribution in [3.8, 4) is 0 Å². The molecule has 7 fully saturated rings. The summed E-state index contributed by atoms with van der Waals surface area (Å²) in [5, 5.41) is 63.3. The van der Waals surface area contributed by atoms with Gasteiger partial charge in [-0.15, -0.1) is 0 Å². The van der Waals surface area contributed by atoms with Crippen molar-refractivity contribution in [3.63, 3.8) is 0 Å². The molecule has 0 aromatic carbocycles. The van der Waals surface area contributed by atoms with E-state index in [9.17, 15) is 49.8 Å². The Labute approximate surface area is 346 Å². The van der Waals surface area contributed by atoms with Crippen LogP contribution in [0.5, 0.6) is 0 Å². The molecule has 9 rings (SSSR count). The van der Waals surface area contributed by atoms with Crippen molar-refractivity contribution in [2.75, 3.05) is 20.0 Å². The summed E-state index contributed by atoms with van der Waals surface area (Å²) in [6.45, 7) is 12.6. The largest absolute Gasteiger partial charge is 0.393 e. The molecule has 9 aliphatic rings. The maximum Gasteiger partial charge on any atom is 0.193 e. The number of aliphatic hydroxyl groups excluding tert-OH is 5. The van der Waals surface area contributed by atoms with E-state index >= 15 is 0 Å². The Kier molecular flexibility index (Phi) is 12.4. The average Bonchev–Trinajstić information content (AvgIpc) is 3.82. The fraction of sp³-hybridized carbons (Fsp3) is 0.717. The van der Waals surface area contributed by atoms with Crippen LogP contribution < -0.4 is 0 Å². The number of allylic oxidation sites excluding steroid dienone is 8. The SMILES string of the molecule is C=O.CC.CC12C=CC(=O)C=C1CCC1[C@@H]2C(O)CC2(C)[C@H]1CC(O)C2(O)C(=O)CO.CC12C=CC(=O)C=C1CCC1[C@@H]2C(O)CC2(C)[C@H]1CC1OCOC12C(=O)CO. The molecule has 16 atom stereocenters. The van der Waals surface area contributed by atoms with E-state index in [1.807, 2.05) is 46.6 Å². The van der Waals surface area contributed by atoms with Crippen LogP contribution >= 0.6 is 0 Å². The van der Waals surface area contributed by atoms with Gasteiger partial charge in [0.25, 0.3) is 0 Å². The molecule has 0 bridgehead atoms. The lowest BCUT2D eigenvalue weighted by atomic mass is 9.46. The van der Waals surface area contributed by atoms with Gasteiger partial charge in [0.1, 0.15) is 26.8 Å². The zero-order valence-corrected chi connectivity index (χ0v) is 35.3. The first-order valence-corrected chi connectivity index (χ1v) is 21.3. The van der Waals surface area contributed by atoms with Gasteiger partial charge in [-0.3, -0.25) is 19.2 Å². The number of fused-ring (bicyclic) bond motifs is 12. The summed E-state index contributed by atoms with van der Waals surface area (Å²) in [4.78, 5) is 57.0. The Balaban J connectivity index is 0.000000183. The molecular weight excluding hydrogens is 760 g/mol. The summed E-state index contributed by atoms with van der Waals surface area (Å²) in [7, 11) is 0. The summed E-state index contributed by atoms with van der Waals surface area (Å²) < 4.78 is 11.8. The maximum atomic E-state index is 12.9. The van der Waals surface area contributed by atoms with Gasteiger partial charge >= 0.3 is 0 Å². The third-order valence-corrected chi connectivity index (χ3v) is 17.1. The minimum absolute atomic E-state index is 0.00460. The second-order valence-electron chi connectivity index (χ2n) is 19.0. The van der Waals surface area contributed by atoms with E-state index < -0.39 is 64.8 Å².